The van der Waals surface area contributed by atoms with Crippen LogP contribution in [0.25, 0.3) is 0 Å². The number of hydrogen-bond donors (Lipinski definition) is 3. The number of benzene rings is 2. The molecule has 3 N–H and O–H groups in total. The van der Waals surface area contributed by atoms with Crippen molar-refractivity contribution >= 4 is 5.78 Å². The van der Waals surface area contributed by atoms with Crippen LogP contribution in [0.3, 0.4) is 0 Å². The predicted octanol–water partition coefficient (Wildman–Crippen LogP) is 3.30. The molecule has 2 aromatic rings. The Morgan fingerprint density at radius 1 is 1.14 bits per heavy atom. The number of rotatable bonds is 5. The van der Waals surface area contributed by atoms with Gasteiger partial charge in [0, 0.05) is 11.6 Å². The largest absolute Gasteiger partial charge is 0.507 e. The minimum absolute atomic E-state index is 0.0792. The van der Waals surface area contributed by atoms with Crippen molar-refractivity contribution in [3.05, 3.63) is 52.6 Å². The maximum absolute atomic E-state index is 12.9. The highest BCUT2D eigenvalue weighted by molar-refractivity contribution is 6.06. The molecule has 2 atom stereocenters. The second-order valence-corrected chi connectivity index (χ2v) is 7.04. The monoisotopic (exact) mass is 400 g/mol. The standard InChI is InChI=1S/C22H24O7/c1-11(2)5-7-13-16(28-4)10-17-18(19(13)24)20(25)21(26)22(29-17)12-6-8-15(27-3)14(23)9-12/h5-6,8-10,21-24,26H,7H2,1-4H3/t21-,22+/m0/s1. The Morgan fingerprint density at radius 2 is 1.83 bits per heavy atom. The van der Waals surface area contributed by atoms with Crippen LogP contribution in [0.2, 0.25) is 0 Å². The lowest BCUT2D eigenvalue weighted by Crippen LogP contribution is -2.36. The average Bonchev–Trinajstić information content (AvgIpc) is 2.69. The molecular formula is C22H24O7. The molecule has 154 valence electrons. The van der Waals surface area contributed by atoms with Gasteiger partial charge in [0.1, 0.15) is 22.8 Å². The zero-order chi connectivity index (χ0) is 21.3. The Bertz CT molecular complexity index is 974. The number of allylic oxidation sites excluding steroid dienone is 2. The molecule has 0 unspecified atom stereocenters. The highest BCUT2D eigenvalue weighted by atomic mass is 16.5. The summed E-state index contributed by atoms with van der Waals surface area (Å²) < 4.78 is 16.2. The van der Waals surface area contributed by atoms with Gasteiger partial charge >= 0.3 is 0 Å². The van der Waals surface area contributed by atoms with E-state index in [4.69, 9.17) is 14.2 Å². The molecule has 0 spiro atoms. The number of aromatic hydroxyl groups is 2. The molecule has 1 aliphatic heterocycles. The van der Waals surface area contributed by atoms with Crippen LogP contribution >= 0.6 is 0 Å². The van der Waals surface area contributed by atoms with Gasteiger partial charge in [-0.2, -0.15) is 0 Å². The summed E-state index contributed by atoms with van der Waals surface area (Å²) in [5.41, 5.74) is 1.80. The van der Waals surface area contributed by atoms with Crippen molar-refractivity contribution in [1.29, 1.82) is 0 Å². The van der Waals surface area contributed by atoms with E-state index in [0.717, 1.165) is 5.57 Å². The van der Waals surface area contributed by atoms with Crippen molar-refractivity contribution in [2.45, 2.75) is 32.5 Å². The molecule has 0 saturated heterocycles. The molecule has 0 saturated carbocycles. The van der Waals surface area contributed by atoms with Gasteiger partial charge in [-0.15, -0.1) is 0 Å². The van der Waals surface area contributed by atoms with Gasteiger partial charge in [0.2, 0.25) is 5.78 Å². The average molecular weight is 400 g/mol. The lowest BCUT2D eigenvalue weighted by molar-refractivity contribution is 0.0209. The van der Waals surface area contributed by atoms with Crippen LogP contribution < -0.4 is 14.2 Å². The van der Waals surface area contributed by atoms with Crippen molar-refractivity contribution in [2.75, 3.05) is 14.2 Å². The first-order valence-electron chi connectivity index (χ1n) is 9.10. The lowest BCUT2D eigenvalue weighted by Gasteiger charge is -2.31. The number of phenolic OH excluding ortho intramolecular Hbond substituents is 2. The second-order valence-electron chi connectivity index (χ2n) is 7.04. The number of fused-ring (bicyclic) bond motifs is 1. The van der Waals surface area contributed by atoms with Crippen LogP contribution in [-0.2, 0) is 6.42 Å². The van der Waals surface area contributed by atoms with E-state index in [0.29, 0.717) is 23.3 Å². The van der Waals surface area contributed by atoms with E-state index in [1.807, 2.05) is 19.9 Å². The molecule has 0 amide bonds. The first-order chi connectivity index (χ1) is 13.8. The highest BCUT2D eigenvalue weighted by Crippen LogP contribution is 2.45. The van der Waals surface area contributed by atoms with Crippen LogP contribution in [0.4, 0.5) is 0 Å². The summed E-state index contributed by atoms with van der Waals surface area (Å²) in [5, 5.41) is 31.3. The van der Waals surface area contributed by atoms with Crippen LogP contribution in [0.5, 0.6) is 28.7 Å². The van der Waals surface area contributed by atoms with E-state index in [-0.39, 0.29) is 28.6 Å². The van der Waals surface area contributed by atoms with Crippen molar-refractivity contribution in [3.8, 4) is 28.7 Å². The molecule has 3 rings (SSSR count). The molecule has 7 heteroatoms. The number of phenols is 2. The van der Waals surface area contributed by atoms with Crippen LogP contribution in [0.15, 0.2) is 35.9 Å². The van der Waals surface area contributed by atoms with Crippen LogP contribution in [0.1, 0.15) is 41.4 Å². The van der Waals surface area contributed by atoms with Crippen molar-refractivity contribution in [3.63, 3.8) is 0 Å². The number of aliphatic hydroxyl groups excluding tert-OH is 1. The van der Waals surface area contributed by atoms with E-state index < -0.39 is 18.0 Å². The summed E-state index contributed by atoms with van der Waals surface area (Å²) >= 11 is 0. The Hall–Kier alpha value is -3.19. The number of aliphatic hydroxyl groups is 1. The molecular weight excluding hydrogens is 376 g/mol. The van der Waals surface area contributed by atoms with Gasteiger partial charge in [-0.05, 0) is 38.0 Å². The lowest BCUT2D eigenvalue weighted by atomic mass is 9.90. The predicted molar refractivity (Wildman–Crippen MR) is 106 cm³/mol. The van der Waals surface area contributed by atoms with Gasteiger partial charge in [-0.3, -0.25) is 4.79 Å². The summed E-state index contributed by atoms with van der Waals surface area (Å²) in [7, 11) is 2.88. The molecule has 0 fully saturated rings. The molecule has 0 aromatic heterocycles. The highest BCUT2D eigenvalue weighted by Gasteiger charge is 2.40. The molecule has 0 aliphatic carbocycles. The fourth-order valence-corrected chi connectivity index (χ4v) is 3.30. The number of ether oxygens (including phenoxy) is 3. The van der Waals surface area contributed by atoms with Gasteiger partial charge in [0.25, 0.3) is 0 Å². The number of ketones is 1. The molecule has 0 bridgehead atoms. The topological polar surface area (TPSA) is 105 Å². The van der Waals surface area contributed by atoms with Gasteiger partial charge in [-0.25, -0.2) is 0 Å². The summed E-state index contributed by atoms with van der Waals surface area (Å²) in [4.78, 5) is 12.9. The van der Waals surface area contributed by atoms with Gasteiger partial charge in [0.05, 0.1) is 14.2 Å². The molecule has 7 nitrogen and oxygen atoms in total. The molecule has 1 heterocycles. The van der Waals surface area contributed by atoms with E-state index in [2.05, 4.69) is 0 Å². The quantitative estimate of drug-likeness (QED) is 0.661. The molecule has 2 aromatic carbocycles. The maximum atomic E-state index is 12.9. The third-order valence-corrected chi connectivity index (χ3v) is 4.85. The Balaban J connectivity index is 2.07. The minimum Gasteiger partial charge on any atom is -0.507 e. The van der Waals surface area contributed by atoms with E-state index in [9.17, 15) is 20.1 Å². The molecule has 0 radical (unpaired) electrons. The smallest absolute Gasteiger partial charge is 0.202 e. The van der Waals surface area contributed by atoms with Gasteiger partial charge < -0.3 is 29.5 Å². The molecule has 1 aliphatic rings. The van der Waals surface area contributed by atoms with Crippen molar-refractivity contribution in [1.82, 2.24) is 0 Å². The zero-order valence-corrected chi connectivity index (χ0v) is 16.7. The van der Waals surface area contributed by atoms with E-state index in [1.54, 1.807) is 6.07 Å². The Morgan fingerprint density at radius 3 is 2.41 bits per heavy atom. The number of hydrogen-bond acceptors (Lipinski definition) is 7. The SMILES string of the molecule is COc1ccc([C@H]2Oc3cc(OC)c(CC=C(C)C)c(O)c3C(=O)[C@@H]2O)cc1O. The fourth-order valence-electron chi connectivity index (χ4n) is 3.30. The maximum Gasteiger partial charge on any atom is 0.202 e. The fraction of sp³-hybridized carbons (Fsp3) is 0.318. The third-order valence-electron chi connectivity index (χ3n) is 4.85. The van der Waals surface area contributed by atoms with E-state index in [1.165, 1.54) is 32.4 Å². The number of carbonyl (C=O) groups excluding carboxylic acids is 1. The van der Waals surface area contributed by atoms with E-state index >= 15 is 0 Å². The van der Waals surface area contributed by atoms with Crippen LogP contribution in [0, 0.1) is 0 Å². The number of methoxy groups -OCH3 is 2. The summed E-state index contributed by atoms with van der Waals surface area (Å²) in [6.07, 6.45) is -0.341. The van der Waals surface area contributed by atoms with Crippen molar-refractivity contribution in [2.24, 2.45) is 0 Å². The van der Waals surface area contributed by atoms with Gasteiger partial charge in [-0.1, -0.05) is 17.7 Å². The zero-order valence-electron chi connectivity index (χ0n) is 16.7. The molecule has 29 heavy (non-hydrogen) atoms. The third kappa shape index (κ3) is 3.73. The number of Topliss-reactive ketones (excluding diaryl/α,β-unsaturated/α-hetero) is 1. The normalized spacial score (nSPS) is 17.9. The Kier molecular flexibility index (Phi) is 5.70. The Labute approximate surface area is 168 Å². The summed E-state index contributed by atoms with van der Waals surface area (Å²) in [6, 6.07) is 6.00. The number of carbonyl (C=O) groups is 1. The first-order valence-corrected chi connectivity index (χ1v) is 9.10. The van der Waals surface area contributed by atoms with Gasteiger partial charge in [0.15, 0.2) is 23.7 Å². The first kappa shape index (κ1) is 20.5. The van der Waals surface area contributed by atoms with Crippen LogP contribution in [-0.4, -0.2) is 41.4 Å². The minimum atomic E-state index is -1.55. The summed E-state index contributed by atoms with van der Waals surface area (Å²) in [6.45, 7) is 3.85. The van der Waals surface area contributed by atoms with Crippen molar-refractivity contribution < 1.29 is 34.3 Å². The second kappa shape index (κ2) is 8.05. The summed E-state index contributed by atoms with van der Waals surface area (Å²) in [5.74, 6) is -0.331.